The average Bonchev–Trinajstić information content (AvgIpc) is 2.25. The Bertz CT molecular complexity index is 557. The lowest BCUT2D eigenvalue weighted by Gasteiger charge is -2.22. The third kappa shape index (κ3) is 4.96. The summed E-state index contributed by atoms with van der Waals surface area (Å²) >= 11 is 16.7. The normalized spacial score (nSPS) is 12.9. The van der Waals surface area contributed by atoms with Gasteiger partial charge >= 0.3 is 6.18 Å². The summed E-state index contributed by atoms with van der Waals surface area (Å²) in [6.45, 7) is -2.11. The Morgan fingerprint density at radius 3 is 2.00 bits per heavy atom. The van der Waals surface area contributed by atoms with Crippen molar-refractivity contribution in [2.24, 2.45) is 0 Å². The molecule has 0 bridgehead atoms. The molecular weight excluding hydrogens is 362 g/mol. The molecule has 0 atom stereocenters. The summed E-state index contributed by atoms with van der Waals surface area (Å²) in [6, 6.07) is 3.33. The number of hydrogen-bond donors (Lipinski definition) is 0. The fraction of sp³-hybridized carbons (Fsp3) is 0.400. The average molecular weight is 371 g/mol. The zero-order valence-electron chi connectivity index (χ0n) is 9.79. The number of sulfonamides is 1. The van der Waals surface area contributed by atoms with E-state index >= 15 is 0 Å². The molecule has 0 amide bonds. The standard InChI is InChI=1S/C10H9Cl3F3NO2S/c11-1-2-17(6-10(14,15)16)20(18,19)9-4-7(12)3-8(13)5-9/h3-5H,1-2,6H2. The van der Waals surface area contributed by atoms with Crippen LogP contribution in [0.5, 0.6) is 0 Å². The first-order chi connectivity index (χ1) is 9.06. The first kappa shape index (κ1) is 17.8. The van der Waals surface area contributed by atoms with Crippen LogP contribution in [0.15, 0.2) is 23.1 Å². The third-order valence-electron chi connectivity index (χ3n) is 2.16. The fourth-order valence-electron chi connectivity index (χ4n) is 1.40. The fourth-order valence-corrected chi connectivity index (χ4v) is 3.86. The number of rotatable bonds is 5. The minimum atomic E-state index is -4.68. The lowest BCUT2D eigenvalue weighted by atomic mass is 10.4. The van der Waals surface area contributed by atoms with Gasteiger partial charge in [-0.25, -0.2) is 8.42 Å². The van der Waals surface area contributed by atoms with Crippen molar-refractivity contribution in [3.05, 3.63) is 28.2 Å². The lowest BCUT2D eigenvalue weighted by Crippen LogP contribution is -2.40. The van der Waals surface area contributed by atoms with Gasteiger partial charge in [0.25, 0.3) is 0 Å². The highest BCUT2D eigenvalue weighted by atomic mass is 35.5. The van der Waals surface area contributed by atoms with Crippen LogP contribution < -0.4 is 0 Å². The maximum absolute atomic E-state index is 12.4. The Hall–Kier alpha value is -0.210. The molecule has 0 spiro atoms. The van der Waals surface area contributed by atoms with Gasteiger partial charge in [0.1, 0.15) is 6.54 Å². The SMILES string of the molecule is O=S(=O)(c1cc(Cl)cc(Cl)c1)N(CCCl)CC(F)(F)F. The van der Waals surface area contributed by atoms with E-state index in [-0.39, 0.29) is 20.2 Å². The van der Waals surface area contributed by atoms with Gasteiger partial charge in [-0.1, -0.05) is 23.2 Å². The van der Waals surface area contributed by atoms with Crippen LogP contribution in [0.4, 0.5) is 13.2 Å². The molecule has 0 aliphatic rings. The lowest BCUT2D eigenvalue weighted by molar-refractivity contribution is -0.135. The second-order valence-corrected chi connectivity index (χ2v) is 6.94. The second-order valence-electron chi connectivity index (χ2n) is 3.75. The van der Waals surface area contributed by atoms with E-state index in [1.807, 2.05) is 0 Å². The summed E-state index contributed by atoms with van der Waals surface area (Å²) in [6.07, 6.45) is -4.68. The monoisotopic (exact) mass is 369 g/mol. The van der Waals surface area contributed by atoms with Crippen LogP contribution in [0, 0.1) is 0 Å². The minimum absolute atomic E-state index is 0.00825. The quantitative estimate of drug-likeness (QED) is 0.740. The molecule has 1 aromatic carbocycles. The second kappa shape index (κ2) is 6.70. The highest BCUT2D eigenvalue weighted by Crippen LogP contribution is 2.27. The van der Waals surface area contributed by atoms with Crippen molar-refractivity contribution in [2.45, 2.75) is 11.1 Å². The van der Waals surface area contributed by atoms with E-state index in [9.17, 15) is 21.6 Å². The van der Waals surface area contributed by atoms with Gasteiger partial charge in [0.05, 0.1) is 4.90 Å². The van der Waals surface area contributed by atoms with E-state index in [0.717, 1.165) is 12.1 Å². The predicted molar refractivity (Wildman–Crippen MR) is 72.0 cm³/mol. The van der Waals surface area contributed by atoms with Gasteiger partial charge in [-0.3, -0.25) is 0 Å². The molecule has 0 aliphatic heterocycles. The molecular formula is C10H9Cl3F3NO2S. The van der Waals surface area contributed by atoms with Crippen molar-refractivity contribution < 1.29 is 21.6 Å². The van der Waals surface area contributed by atoms with Gasteiger partial charge in [-0.15, -0.1) is 11.6 Å². The predicted octanol–water partition coefficient (Wildman–Crippen LogP) is 3.79. The molecule has 1 aromatic rings. The van der Waals surface area contributed by atoms with Crippen LogP contribution in [-0.2, 0) is 10.0 Å². The molecule has 0 N–H and O–H groups in total. The van der Waals surface area contributed by atoms with Crippen molar-refractivity contribution in [3.63, 3.8) is 0 Å². The summed E-state index contributed by atoms with van der Waals surface area (Å²) in [5.74, 6) is -0.274. The van der Waals surface area contributed by atoms with Gasteiger partial charge in [0, 0.05) is 22.5 Å². The maximum Gasteiger partial charge on any atom is 0.402 e. The van der Waals surface area contributed by atoms with Gasteiger partial charge < -0.3 is 0 Å². The van der Waals surface area contributed by atoms with Crippen LogP contribution in [0.25, 0.3) is 0 Å². The zero-order valence-corrected chi connectivity index (χ0v) is 12.9. The number of benzene rings is 1. The molecule has 0 fully saturated rings. The molecule has 0 aliphatic carbocycles. The highest BCUT2D eigenvalue weighted by Gasteiger charge is 2.36. The molecule has 20 heavy (non-hydrogen) atoms. The summed E-state index contributed by atoms with van der Waals surface area (Å²) in [5.41, 5.74) is 0. The van der Waals surface area contributed by atoms with Crippen LogP contribution >= 0.6 is 34.8 Å². The Kier molecular flexibility index (Phi) is 5.98. The molecule has 0 saturated carbocycles. The van der Waals surface area contributed by atoms with E-state index in [4.69, 9.17) is 34.8 Å². The maximum atomic E-state index is 12.4. The molecule has 0 radical (unpaired) electrons. The van der Waals surface area contributed by atoms with Gasteiger partial charge in [-0.2, -0.15) is 17.5 Å². The first-order valence-corrected chi connectivity index (χ1v) is 7.88. The molecule has 1 rings (SSSR count). The van der Waals surface area contributed by atoms with E-state index in [1.54, 1.807) is 0 Å². The largest absolute Gasteiger partial charge is 0.402 e. The van der Waals surface area contributed by atoms with Gasteiger partial charge in [0.15, 0.2) is 0 Å². The van der Waals surface area contributed by atoms with Crippen LogP contribution in [-0.4, -0.2) is 37.9 Å². The number of alkyl halides is 4. The smallest absolute Gasteiger partial charge is 0.207 e. The van der Waals surface area contributed by atoms with Gasteiger partial charge in [-0.05, 0) is 18.2 Å². The molecule has 0 aromatic heterocycles. The van der Waals surface area contributed by atoms with Crippen molar-refractivity contribution in [1.29, 1.82) is 0 Å². The van der Waals surface area contributed by atoms with E-state index in [0.29, 0.717) is 0 Å². The summed E-state index contributed by atoms with van der Waals surface area (Å²) in [5, 5.41) is 0.0165. The third-order valence-corrected chi connectivity index (χ3v) is 4.59. The minimum Gasteiger partial charge on any atom is -0.207 e. The van der Waals surface area contributed by atoms with E-state index in [1.165, 1.54) is 6.07 Å². The van der Waals surface area contributed by atoms with Gasteiger partial charge in [0.2, 0.25) is 10.0 Å². The molecule has 0 unspecified atom stereocenters. The zero-order chi connectivity index (χ0) is 15.6. The molecule has 0 heterocycles. The molecule has 114 valence electrons. The Morgan fingerprint density at radius 1 is 1.10 bits per heavy atom. The van der Waals surface area contributed by atoms with E-state index < -0.39 is 34.2 Å². The van der Waals surface area contributed by atoms with E-state index in [2.05, 4.69) is 0 Å². The Balaban J connectivity index is 3.22. The van der Waals surface area contributed by atoms with Crippen molar-refractivity contribution >= 4 is 44.8 Å². The van der Waals surface area contributed by atoms with Crippen LogP contribution in [0.2, 0.25) is 10.0 Å². The highest BCUT2D eigenvalue weighted by molar-refractivity contribution is 7.89. The summed E-state index contributed by atoms with van der Waals surface area (Å²) in [4.78, 5) is -0.413. The van der Waals surface area contributed by atoms with Crippen molar-refractivity contribution in [2.75, 3.05) is 19.0 Å². The van der Waals surface area contributed by atoms with Crippen LogP contribution in [0.1, 0.15) is 0 Å². The molecule has 3 nitrogen and oxygen atoms in total. The topological polar surface area (TPSA) is 37.4 Å². The van der Waals surface area contributed by atoms with Crippen molar-refractivity contribution in [3.8, 4) is 0 Å². The summed E-state index contributed by atoms with van der Waals surface area (Å²) in [7, 11) is -4.38. The number of hydrogen-bond acceptors (Lipinski definition) is 2. The summed E-state index contributed by atoms with van der Waals surface area (Å²) < 4.78 is 61.8. The first-order valence-electron chi connectivity index (χ1n) is 5.15. The Morgan fingerprint density at radius 2 is 1.60 bits per heavy atom. The number of nitrogens with zero attached hydrogens (tertiary/aromatic N) is 1. The van der Waals surface area contributed by atoms with Crippen LogP contribution in [0.3, 0.4) is 0 Å². The molecule has 0 saturated heterocycles. The number of halogens is 6. The van der Waals surface area contributed by atoms with Crippen molar-refractivity contribution in [1.82, 2.24) is 4.31 Å². The molecule has 10 heteroatoms. The Labute approximate surface area is 129 Å².